The number of carbonyl (C=O) groups excluding carboxylic acids is 1. The first-order valence-electron chi connectivity index (χ1n) is 5.99. The van der Waals surface area contributed by atoms with Crippen LogP contribution in [0.1, 0.15) is 15.9 Å². The summed E-state index contributed by atoms with van der Waals surface area (Å²) in [5.41, 5.74) is 8.24. The third kappa shape index (κ3) is 3.05. The Labute approximate surface area is 102 Å². The molecule has 0 spiro atoms. The van der Waals surface area contributed by atoms with Crippen molar-refractivity contribution in [1.82, 2.24) is 10.2 Å². The molecular formula is C13H19N3O. The standard InChI is InChI=1S/C13H19N3O/c1-10-2-3-11(8-12(10)14)13(17)9-16-6-4-15-5-7-16/h2-3,8,15H,4-7,9,14H2,1H3. The second-order valence-electron chi connectivity index (χ2n) is 4.52. The normalized spacial score (nSPS) is 17.0. The Hall–Kier alpha value is -1.39. The molecule has 1 aliphatic heterocycles. The topological polar surface area (TPSA) is 58.4 Å². The van der Waals surface area contributed by atoms with Gasteiger partial charge in [0.1, 0.15) is 0 Å². The van der Waals surface area contributed by atoms with Crippen LogP contribution in [0.15, 0.2) is 18.2 Å². The maximum Gasteiger partial charge on any atom is 0.176 e. The van der Waals surface area contributed by atoms with E-state index < -0.39 is 0 Å². The summed E-state index contributed by atoms with van der Waals surface area (Å²) < 4.78 is 0. The second-order valence-corrected chi connectivity index (χ2v) is 4.52. The number of rotatable bonds is 3. The van der Waals surface area contributed by atoms with Gasteiger partial charge < -0.3 is 11.1 Å². The summed E-state index contributed by atoms with van der Waals surface area (Å²) >= 11 is 0. The van der Waals surface area contributed by atoms with Gasteiger partial charge in [0.05, 0.1) is 6.54 Å². The van der Waals surface area contributed by atoms with Crippen molar-refractivity contribution in [3.8, 4) is 0 Å². The van der Waals surface area contributed by atoms with Crippen LogP contribution in [0.2, 0.25) is 0 Å². The molecule has 0 saturated carbocycles. The van der Waals surface area contributed by atoms with Gasteiger partial charge in [0, 0.05) is 37.4 Å². The minimum Gasteiger partial charge on any atom is -0.398 e. The molecule has 0 unspecified atom stereocenters. The Morgan fingerprint density at radius 1 is 1.41 bits per heavy atom. The van der Waals surface area contributed by atoms with Crippen LogP contribution in [0.5, 0.6) is 0 Å². The van der Waals surface area contributed by atoms with Crippen LogP contribution in [0.25, 0.3) is 0 Å². The molecule has 4 heteroatoms. The zero-order valence-corrected chi connectivity index (χ0v) is 10.2. The smallest absolute Gasteiger partial charge is 0.176 e. The zero-order valence-electron chi connectivity index (χ0n) is 10.2. The highest BCUT2D eigenvalue weighted by atomic mass is 16.1. The third-order valence-corrected chi connectivity index (χ3v) is 3.18. The summed E-state index contributed by atoms with van der Waals surface area (Å²) in [6.45, 7) is 6.23. The minimum absolute atomic E-state index is 0.151. The lowest BCUT2D eigenvalue weighted by atomic mass is 10.1. The summed E-state index contributed by atoms with van der Waals surface area (Å²) in [7, 11) is 0. The number of piperazine rings is 1. The highest BCUT2D eigenvalue weighted by molar-refractivity contribution is 5.98. The van der Waals surface area contributed by atoms with Gasteiger partial charge in [0.15, 0.2) is 5.78 Å². The van der Waals surface area contributed by atoms with Gasteiger partial charge in [-0.05, 0) is 18.6 Å². The van der Waals surface area contributed by atoms with Gasteiger partial charge in [-0.15, -0.1) is 0 Å². The van der Waals surface area contributed by atoms with E-state index >= 15 is 0 Å². The number of hydrogen-bond donors (Lipinski definition) is 2. The van der Waals surface area contributed by atoms with E-state index in [1.165, 1.54) is 0 Å². The molecule has 0 aliphatic carbocycles. The molecule has 1 saturated heterocycles. The van der Waals surface area contributed by atoms with E-state index in [0.717, 1.165) is 31.7 Å². The SMILES string of the molecule is Cc1ccc(C(=O)CN2CCNCC2)cc1N. The van der Waals surface area contributed by atoms with E-state index in [9.17, 15) is 4.79 Å². The highest BCUT2D eigenvalue weighted by Gasteiger charge is 2.15. The lowest BCUT2D eigenvalue weighted by Crippen LogP contribution is -2.45. The fraction of sp³-hybridized carbons (Fsp3) is 0.462. The van der Waals surface area contributed by atoms with Crippen LogP contribution >= 0.6 is 0 Å². The van der Waals surface area contributed by atoms with Crippen molar-refractivity contribution < 1.29 is 4.79 Å². The van der Waals surface area contributed by atoms with Crippen molar-refractivity contribution in [3.05, 3.63) is 29.3 Å². The number of hydrogen-bond acceptors (Lipinski definition) is 4. The van der Waals surface area contributed by atoms with Crippen LogP contribution in [-0.2, 0) is 0 Å². The van der Waals surface area contributed by atoms with Crippen molar-refractivity contribution in [2.45, 2.75) is 6.92 Å². The Bertz CT molecular complexity index is 411. The second kappa shape index (κ2) is 5.29. The van der Waals surface area contributed by atoms with E-state index in [1.807, 2.05) is 19.1 Å². The fourth-order valence-electron chi connectivity index (χ4n) is 1.98. The van der Waals surface area contributed by atoms with Gasteiger partial charge in [-0.25, -0.2) is 0 Å². The van der Waals surface area contributed by atoms with Crippen LogP contribution in [0.3, 0.4) is 0 Å². The van der Waals surface area contributed by atoms with Crippen LogP contribution in [0, 0.1) is 6.92 Å². The zero-order chi connectivity index (χ0) is 12.3. The largest absolute Gasteiger partial charge is 0.398 e. The van der Waals surface area contributed by atoms with Gasteiger partial charge in [-0.2, -0.15) is 0 Å². The molecule has 0 radical (unpaired) electrons. The number of aryl methyl sites for hydroxylation is 1. The number of ketones is 1. The Morgan fingerprint density at radius 3 is 2.76 bits per heavy atom. The van der Waals surface area contributed by atoms with E-state index in [0.29, 0.717) is 17.8 Å². The fourth-order valence-corrected chi connectivity index (χ4v) is 1.98. The molecular weight excluding hydrogens is 214 g/mol. The summed E-state index contributed by atoms with van der Waals surface area (Å²) in [5.74, 6) is 0.151. The van der Waals surface area contributed by atoms with Crippen molar-refractivity contribution >= 4 is 11.5 Å². The predicted molar refractivity (Wildman–Crippen MR) is 69.2 cm³/mol. The summed E-state index contributed by atoms with van der Waals surface area (Å²) in [6.07, 6.45) is 0. The van der Waals surface area contributed by atoms with Crippen molar-refractivity contribution in [2.24, 2.45) is 0 Å². The van der Waals surface area contributed by atoms with Gasteiger partial charge in [-0.3, -0.25) is 9.69 Å². The minimum atomic E-state index is 0.151. The predicted octanol–water partition coefficient (Wildman–Crippen LogP) is 0.665. The van der Waals surface area contributed by atoms with Gasteiger partial charge in [-0.1, -0.05) is 12.1 Å². The highest BCUT2D eigenvalue weighted by Crippen LogP contribution is 2.13. The Morgan fingerprint density at radius 2 is 2.12 bits per heavy atom. The first-order chi connectivity index (χ1) is 8.16. The van der Waals surface area contributed by atoms with E-state index in [-0.39, 0.29) is 5.78 Å². The van der Waals surface area contributed by atoms with Crippen molar-refractivity contribution in [1.29, 1.82) is 0 Å². The Kier molecular flexibility index (Phi) is 3.76. The third-order valence-electron chi connectivity index (χ3n) is 3.18. The molecule has 0 aromatic heterocycles. The number of nitrogens with one attached hydrogen (secondary N) is 1. The first-order valence-corrected chi connectivity index (χ1v) is 5.99. The molecule has 2 rings (SSSR count). The number of nitrogens with zero attached hydrogens (tertiary/aromatic N) is 1. The molecule has 92 valence electrons. The quantitative estimate of drug-likeness (QED) is 0.595. The average Bonchev–Trinajstić information content (AvgIpc) is 2.34. The van der Waals surface area contributed by atoms with E-state index in [2.05, 4.69) is 10.2 Å². The molecule has 1 heterocycles. The maximum absolute atomic E-state index is 12.1. The molecule has 17 heavy (non-hydrogen) atoms. The molecule has 0 atom stereocenters. The number of nitrogens with two attached hydrogens (primary N) is 1. The molecule has 1 aromatic rings. The molecule has 0 bridgehead atoms. The molecule has 4 nitrogen and oxygen atoms in total. The molecule has 1 fully saturated rings. The van der Waals surface area contributed by atoms with Crippen LogP contribution in [-0.4, -0.2) is 43.4 Å². The van der Waals surface area contributed by atoms with E-state index in [4.69, 9.17) is 5.73 Å². The monoisotopic (exact) mass is 233 g/mol. The lowest BCUT2D eigenvalue weighted by molar-refractivity contribution is 0.0921. The number of Topliss-reactive ketones (excluding diaryl/α,β-unsaturated/α-hetero) is 1. The van der Waals surface area contributed by atoms with E-state index in [1.54, 1.807) is 6.07 Å². The number of carbonyl (C=O) groups is 1. The first kappa shape index (κ1) is 12.1. The molecule has 1 aliphatic rings. The Balaban J connectivity index is 2.01. The van der Waals surface area contributed by atoms with Gasteiger partial charge >= 0.3 is 0 Å². The molecule has 0 amide bonds. The summed E-state index contributed by atoms with van der Waals surface area (Å²) in [5, 5.41) is 3.27. The van der Waals surface area contributed by atoms with Crippen LogP contribution < -0.4 is 11.1 Å². The summed E-state index contributed by atoms with van der Waals surface area (Å²) in [6, 6.07) is 5.54. The molecule has 1 aromatic carbocycles. The van der Waals surface area contributed by atoms with Gasteiger partial charge in [0.25, 0.3) is 0 Å². The number of benzene rings is 1. The maximum atomic E-state index is 12.1. The average molecular weight is 233 g/mol. The number of anilines is 1. The summed E-state index contributed by atoms with van der Waals surface area (Å²) in [4.78, 5) is 14.2. The number of nitrogen functional groups attached to an aromatic ring is 1. The van der Waals surface area contributed by atoms with Gasteiger partial charge in [0.2, 0.25) is 0 Å². The molecule has 3 N–H and O–H groups in total. The van der Waals surface area contributed by atoms with Crippen molar-refractivity contribution in [3.63, 3.8) is 0 Å². The van der Waals surface area contributed by atoms with Crippen molar-refractivity contribution in [2.75, 3.05) is 38.5 Å². The lowest BCUT2D eigenvalue weighted by Gasteiger charge is -2.26. The van der Waals surface area contributed by atoms with Crippen LogP contribution in [0.4, 0.5) is 5.69 Å².